The topological polar surface area (TPSA) is 15.3 Å². The number of thiophene rings is 1. The SMILES string of the molecule is c1ccc2sc(C3(N4CCNCC4)CCCCC3)cc2c1. The highest BCUT2D eigenvalue weighted by atomic mass is 32.1. The number of nitrogens with zero attached hydrogens (tertiary/aromatic N) is 1. The highest BCUT2D eigenvalue weighted by Crippen LogP contribution is 2.46. The Morgan fingerprint density at radius 1 is 1.00 bits per heavy atom. The van der Waals surface area contributed by atoms with E-state index in [4.69, 9.17) is 0 Å². The van der Waals surface area contributed by atoms with Crippen molar-refractivity contribution in [2.45, 2.75) is 37.6 Å². The van der Waals surface area contributed by atoms with Crippen LogP contribution in [-0.4, -0.2) is 31.1 Å². The van der Waals surface area contributed by atoms with E-state index in [0.717, 1.165) is 13.1 Å². The van der Waals surface area contributed by atoms with E-state index in [9.17, 15) is 0 Å². The zero-order valence-corrected chi connectivity index (χ0v) is 13.4. The van der Waals surface area contributed by atoms with Gasteiger partial charge < -0.3 is 5.32 Å². The largest absolute Gasteiger partial charge is 0.314 e. The molecule has 3 heteroatoms. The summed E-state index contributed by atoms with van der Waals surface area (Å²) in [5, 5.41) is 4.94. The number of nitrogens with one attached hydrogen (secondary N) is 1. The monoisotopic (exact) mass is 300 g/mol. The third-order valence-electron chi connectivity index (χ3n) is 5.29. The van der Waals surface area contributed by atoms with Gasteiger partial charge in [-0.1, -0.05) is 37.5 Å². The number of rotatable bonds is 2. The Morgan fingerprint density at radius 3 is 2.52 bits per heavy atom. The summed E-state index contributed by atoms with van der Waals surface area (Å²) < 4.78 is 1.45. The van der Waals surface area contributed by atoms with E-state index in [1.807, 2.05) is 11.3 Å². The molecular formula is C18H24N2S. The van der Waals surface area contributed by atoms with Crippen LogP contribution in [0.2, 0.25) is 0 Å². The van der Waals surface area contributed by atoms with Crippen LogP contribution in [0.1, 0.15) is 37.0 Å². The van der Waals surface area contributed by atoms with Gasteiger partial charge in [-0.05, 0) is 30.4 Å². The smallest absolute Gasteiger partial charge is 0.0555 e. The van der Waals surface area contributed by atoms with Gasteiger partial charge in [-0.25, -0.2) is 0 Å². The lowest BCUT2D eigenvalue weighted by Gasteiger charge is -2.48. The van der Waals surface area contributed by atoms with Crippen LogP contribution in [-0.2, 0) is 5.54 Å². The van der Waals surface area contributed by atoms with E-state index >= 15 is 0 Å². The van der Waals surface area contributed by atoms with Gasteiger partial charge in [0.2, 0.25) is 0 Å². The van der Waals surface area contributed by atoms with Gasteiger partial charge >= 0.3 is 0 Å². The first-order valence-electron chi connectivity index (χ1n) is 8.33. The Labute approximate surface area is 131 Å². The van der Waals surface area contributed by atoms with Gasteiger partial charge in [-0.3, -0.25) is 4.90 Å². The highest BCUT2D eigenvalue weighted by molar-refractivity contribution is 7.19. The van der Waals surface area contributed by atoms with Crippen molar-refractivity contribution >= 4 is 21.4 Å². The molecule has 0 bridgehead atoms. The van der Waals surface area contributed by atoms with Crippen molar-refractivity contribution in [3.63, 3.8) is 0 Å². The highest BCUT2D eigenvalue weighted by Gasteiger charge is 2.41. The molecule has 2 nitrogen and oxygen atoms in total. The molecule has 1 aliphatic heterocycles. The molecule has 2 heterocycles. The fourth-order valence-electron chi connectivity index (χ4n) is 4.16. The average Bonchev–Trinajstić information content (AvgIpc) is 3.01. The van der Waals surface area contributed by atoms with Crippen molar-refractivity contribution in [2.24, 2.45) is 0 Å². The molecule has 1 saturated heterocycles. The molecule has 1 saturated carbocycles. The second-order valence-corrected chi connectivity index (χ2v) is 7.56. The van der Waals surface area contributed by atoms with Crippen molar-refractivity contribution in [1.29, 1.82) is 0 Å². The van der Waals surface area contributed by atoms with Crippen LogP contribution in [0.15, 0.2) is 30.3 Å². The first-order valence-corrected chi connectivity index (χ1v) is 9.15. The summed E-state index contributed by atoms with van der Waals surface area (Å²) in [6.07, 6.45) is 6.88. The van der Waals surface area contributed by atoms with Crippen LogP contribution >= 0.6 is 11.3 Å². The van der Waals surface area contributed by atoms with Gasteiger partial charge in [0.15, 0.2) is 0 Å². The summed E-state index contributed by atoms with van der Waals surface area (Å²) in [6.45, 7) is 4.70. The maximum absolute atomic E-state index is 3.51. The average molecular weight is 300 g/mol. The van der Waals surface area contributed by atoms with E-state index in [1.54, 1.807) is 4.88 Å². The standard InChI is InChI=1S/C18H24N2S/c1-4-8-18(9-5-1,20-12-10-19-11-13-20)17-14-15-6-2-3-7-16(15)21-17/h2-3,6-7,14,19H,1,4-5,8-13H2. The molecule has 21 heavy (non-hydrogen) atoms. The number of hydrogen-bond acceptors (Lipinski definition) is 3. The zero-order valence-electron chi connectivity index (χ0n) is 12.6. The molecule has 0 amide bonds. The van der Waals surface area contributed by atoms with E-state index in [1.165, 1.54) is 55.3 Å². The van der Waals surface area contributed by atoms with Crippen LogP contribution < -0.4 is 5.32 Å². The summed E-state index contributed by atoms with van der Waals surface area (Å²) in [6, 6.07) is 11.4. The molecule has 2 aliphatic rings. The van der Waals surface area contributed by atoms with Gasteiger partial charge in [0.05, 0.1) is 5.54 Å². The third-order valence-corrected chi connectivity index (χ3v) is 6.60. The zero-order chi connectivity index (χ0) is 14.1. The quantitative estimate of drug-likeness (QED) is 0.903. The lowest BCUT2D eigenvalue weighted by Crippen LogP contribution is -2.54. The molecule has 4 rings (SSSR count). The molecular weight excluding hydrogens is 276 g/mol. The molecule has 1 aromatic carbocycles. The molecule has 1 N–H and O–H groups in total. The summed E-state index contributed by atoms with van der Waals surface area (Å²) in [4.78, 5) is 4.40. The molecule has 2 aromatic rings. The first kappa shape index (κ1) is 13.7. The predicted octanol–water partition coefficient (Wildman–Crippen LogP) is 3.97. The molecule has 0 atom stereocenters. The van der Waals surface area contributed by atoms with Crippen molar-refractivity contribution in [2.75, 3.05) is 26.2 Å². The normalized spacial score (nSPS) is 23.4. The van der Waals surface area contributed by atoms with Gasteiger partial charge in [0, 0.05) is 35.8 Å². The van der Waals surface area contributed by atoms with Crippen LogP contribution in [0.25, 0.3) is 10.1 Å². The second kappa shape index (κ2) is 5.71. The molecule has 1 aromatic heterocycles. The molecule has 0 unspecified atom stereocenters. The summed E-state index contributed by atoms with van der Waals surface area (Å²) in [5.74, 6) is 0. The lowest BCUT2D eigenvalue weighted by molar-refractivity contribution is 0.0392. The Bertz CT molecular complexity index is 573. The Morgan fingerprint density at radius 2 is 1.76 bits per heavy atom. The minimum Gasteiger partial charge on any atom is -0.314 e. The number of hydrogen-bond donors (Lipinski definition) is 1. The molecule has 2 fully saturated rings. The summed E-state index contributed by atoms with van der Waals surface area (Å²) in [5.41, 5.74) is 0.323. The van der Waals surface area contributed by atoms with Crippen LogP contribution in [0, 0.1) is 0 Å². The predicted molar refractivity (Wildman–Crippen MR) is 91.0 cm³/mol. The van der Waals surface area contributed by atoms with E-state index in [0.29, 0.717) is 5.54 Å². The molecule has 0 radical (unpaired) electrons. The van der Waals surface area contributed by atoms with Crippen molar-refractivity contribution < 1.29 is 0 Å². The van der Waals surface area contributed by atoms with Crippen LogP contribution in [0.3, 0.4) is 0 Å². The van der Waals surface area contributed by atoms with Crippen molar-refractivity contribution in [3.8, 4) is 0 Å². The van der Waals surface area contributed by atoms with Gasteiger partial charge in [-0.15, -0.1) is 11.3 Å². The van der Waals surface area contributed by atoms with Crippen molar-refractivity contribution in [3.05, 3.63) is 35.2 Å². The fraction of sp³-hybridized carbons (Fsp3) is 0.556. The van der Waals surface area contributed by atoms with Crippen LogP contribution in [0.4, 0.5) is 0 Å². The van der Waals surface area contributed by atoms with E-state index in [-0.39, 0.29) is 0 Å². The fourth-order valence-corrected chi connectivity index (χ4v) is 5.50. The van der Waals surface area contributed by atoms with E-state index < -0.39 is 0 Å². The second-order valence-electron chi connectivity index (χ2n) is 6.48. The van der Waals surface area contributed by atoms with Crippen LogP contribution in [0.5, 0.6) is 0 Å². The Kier molecular flexibility index (Phi) is 3.74. The number of fused-ring (bicyclic) bond motifs is 1. The maximum atomic E-state index is 3.51. The van der Waals surface area contributed by atoms with Crippen molar-refractivity contribution in [1.82, 2.24) is 10.2 Å². The number of benzene rings is 1. The third kappa shape index (κ3) is 2.41. The maximum Gasteiger partial charge on any atom is 0.0555 e. The van der Waals surface area contributed by atoms with Gasteiger partial charge in [0.25, 0.3) is 0 Å². The Balaban J connectivity index is 1.77. The number of piperazine rings is 1. The molecule has 1 aliphatic carbocycles. The van der Waals surface area contributed by atoms with Gasteiger partial charge in [-0.2, -0.15) is 0 Å². The molecule has 112 valence electrons. The molecule has 0 spiro atoms. The van der Waals surface area contributed by atoms with Gasteiger partial charge in [0.1, 0.15) is 0 Å². The first-order chi connectivity index (χ1) is 10.4. The summed E-state index contributed by atoms with van der Waals surface area (Å²) in [7, 11) is 0. The van der Waals surface area contributed by atoms with E-state index in [2.05, 4.69) is 40.5 Å². The minimum absolute atomic E-state index is 0.323. The summed E-state index contributed by atoms with van der Waals surface area (Å²) >= 11 is 2.03. The minimum atomic E-state index is 0.323. The Hall–Kier alpha value is -0.900. The lowest BCUT2D eigenvalue weighted by atomic mass is 9.78.